The maximum atomic E-state index is 2.35. The van der Waals surface area contributed by atoms with E-state index in [0.717, 1.165) is 0 Å². The molecule has 0 radical (unpaired) electrons. The standard InChI is InChI=1S/C27H50N.ClH/c1-5-6-7-8-9-10-11-12-13-14-15-16-17-18-19-20-23-28-24-21-26(22-25-28)27(2,3)4;/h21-22,24-25H,5-20,23H2,1-4H3;1H/q+1;/p-1. The maximum Gasteiger partial charge on any atom is 0.169 e. The summed E-state index contributed by atoms with van der Waals surface area (Å²) in [6.07, 6.45) is 27.5. The SMILES string of the molecule is CCCCCCCCCCCCCCCCCC[n+]1ccc(C(C)(C)C)cc1.[Cl-]. The van der Waals surface area contributed by atoms with Gasteiger partial charge in [0.05, 0.1) is 0 Å². The molecule has 0 N–H and O–H groups in total. The van der Waals surface area contributed by atoms with Gasteiger partial charge in [-0.15, -0.1) is 0 Å². The third-order valence-electron chi connectivity index (χ3n) is 6.03. The van der Waals surface area contributed by atoms with Crippen LogP contribution in [0.2, 0.25) is 0 Å². The first-order valence-corrected chi connectivity index (χ1v) is 12.5. The van der Waals surface area contributed by atoms with Crippen LogP contribution in [0.3, 0.4) is 0 Å². The number of aromatic nitrogens is 1. The van der Waals surface area contributed by atoms with Gasteiger partial charge in [-0.25, -0.2) is 4.57 Å². The average molecular weight is 424 g/mol. The van der Waals surface area contributed by atoms with Crippen molar-refractivity contribution in [1.29, 1.82) is 0 Å². The van der Waals surface area contributed by atoms with Crippen molar-refractivity contribution in [3.05, 3.63) is 30.1 Å². The van der Waals surface area contributed by atoms with Crippen LogP contribution in [0.15, 0.2) is 24.5 Å². The molecule has 0 saturated heterocycles. The van der Waals surface area contributed by atoms with E-state index in [9.17, 15) is 0 Å². The van der Waals surface area contributed by atoms with Gasteiger partial charge >= 0.3 is 0 Å². The Morgan fingerprint density at radius 2 is 0.931 bits per heavy atom. The van der Waals surface area contributed by atoms with Gasteiger partial charge in [0, 0.05) is 18.6 Å². The topological polar surface area (TPSA) is 3.88 Å². The number of pyridine rings is 1. The molecule has 0 aliphatic carbocycles. The Hall–Kier alpha value is -0.560. The molecule has 0 amide bonds. The highest BCUT2D eigenvalue weighted by Gasteiger charge is 2.14. The summed E-state index contributed by atoms with van der Waals surface area (Å²) < 4.78 is 2.35. The Labute approximate surface area is 189 Å². The van der Waals surface area contributed by atoms with Crippen LogP contribution in [-0.2, 0) is 12.0 Å². The van der Waals surface area contributed by atoms with Crippen LogP contribution in [-0.4, -0.2) is 0 Å². The summed E-state index contributed by atoms with van der Waals surface area (Å²) in [6.45, 7) is 10.3. The fourth-order valence-electron chi connectivity index (χ4n) is 3.95. The molecule has 1 rings (SSSR count). The number of aryl methyl sites for hydroxylation is 1. The number of halogens is 1. The Bertz CT molecular complexity index is 460. The predicted molar refractivity (Wildman–Crippen MR) is 125 cm³/mol. The summed E-state index contributed by atoms with van der Waals surface area (Å²) in [4.78, 5) is 0. The second-order valence-corrected chi connectivity index (χ2v) is 9.88. The molecule has 0 atom stereocenters. The first-order valence-electron chi connectivity index (χ1n) is 12.5. The zero-order valence-corrected chi connectivity index (χ0v) is 20.9. The largest absolute Gasteiger partial charge is 1.00 e. The summed E-state index contributed by atoms with van der Waals surface area (Å²) in [5.74, 6) is 0. The van der Waals surface area contributed by atoms with E-state index in [-0.39, 0.29) is 17.8 Å². The number of nitrogens with zero attached hydrogens (tertiary/aromatic N) is 1. The number of hydrogen-bond donors (Lipinski definition) is 0. The minimum absolute atomic E-state index is 0. The number of hydrogen-bond acceptors (Lipinski definition) is 0. The van der Waals surface area contributed by atoms with Crippen LogP contribution in [0.5, 0.6) is 0 Å². The van der Waals surface area contributed by atoms with E-state index in [0.29, 0.717) is 0 Å². The molecule has 170 valence electrons. The summed E-state index contributed by atoms with van der Waals surface area (Å²) in [6, 6.07) is 4.57. The molecule has 0 saturated carbocycles. The van der Waals surface area contributed by atoms with Crippen LogP contribution >= 0.6 is 0 Å². The molecule has 29 heavy (non-hydrogen) atoms. The van der Waals surface area contributed by atoms with E-state index in [1.807, 2.05) is 0 Å². The van der Waals surface area contributed by atoms with Crippen LogP contribution in [0, 0.1) is 0 Å². The van der Waals surface area contributed by atoms with Crippen molar-refractivity contribution in [2.24, 2.45) is 0 Å². The van der Waals surface area contributed by atoms with Crippen molar-refractivity contribution in [1.82, 2.24) is 0 Å². The highest BCUT2D eigenvalue weighted by molar-refractivity contribution is 5.17. The van der Waals surface area contributed by atoms with E-state index < -0.39 is 0 Å². The Morgan fingerprint density at radius 1 is 0.586 bits per heavy atom. The summed E-state index contributed by atoms with van der Waals surface area (Å²) >= 11 is 0. The van der Waals surface area contributed by atoms with Gasteiger partial charge in [0.15, 0.2) is 12.4 Å². The lowest BCUT2D eigenvalue weighted by atomic mass is 9.88. The summed E-state index contributed by atoms with van der Waals surface area (Å²) in [5.41, 5.74) is 1.68. The summed E-state index contributed by atoms with van der Waals surface area (Å²) in [5, 5.41) is 0. The minimum Gasteiger partial charge on any atom is -1.00 e. The van der Waals surface area contributed by atoms with E-state index in [4.69, 9.17) is 0 Å². The molecule has 2 heteroatoms. The third-order valence-corrected chi connectivity index (χ3v) is 6.03. The second-order valence-electron chi connectivity index (χ2n) is 9.88. The van der Waals surface area contributed by atoms with Crippen molar-refractivity contribution in [3.63, 3.8) is 0 Å². The van der Waals surface area contributed by atoms with Crippen molar-refractivity contribution in [2.75, 3.05) is 0 Å². The van der Waals surface area contributed by atoms with Crippen LogP contribution in [0.25, 0.3) is 0 Å². The van der Waals surface area contributed by atoms with Gasteiger partial charge in [-0.1, -0.05) is 118 Å². The average Bonchev–Trinajstić information content (AvgIpc) is 2.67. The van der Waals surface area contributed by atoms with E-state index >= 15 is 0 Å². The van der Waals surface area contributed by atoms with Crippen LogP contribution < -0.4 is 17.0 Å². The lowest BCUT2D eigenvalue weighted by Crippen LogP contribution is -3.00. The molecule has 0 aliphatic rings. The van der Waals surface area contributed by atoms with Crippen molar-refractivity contribution >= 4 is 0 Å². The Balaban J connectivity index is 0.00000784. The first kappa shape index (κ1) is 28.4. The van der Waals surface area contributed by atoms with Gasteiger partial charge in [-0.05, 0) is 17.4 Å². The lowest BCUT2D eigenvalue weighted by molar-refractivity contribution is -0.697. The minimum atomic E-state index is 0. The van der Waals surface area contributed by atoms with Gasteiger partial charge < -0.3 is 12.4 Å². The molecular formula is C27H50ClN. The second kappa shape index (κ2) is 18.2. The third kappa shape index (κ3) is 15.9. The van der Waals surface area contributed by atoms with E-state index in [2.05, 4.69) is 56.8 Å². The molecular weight excluding hydrogens is 374 g/mol. The van der Waals surface area contributed by atoms with Crippen molar-refractivity contribution < 1.29 is 17.0 Å². The molecule has 0 fully saturated rings. The van der Waals surface area contributed by atoms with E-state index in [1.54, 1.807) is 0 Å². The normalized spacial score (nSPS) is 11.4. The van der Waals surface area contributed by atoms with Gasteiger partial charge in [-0.3, -0.25) is 0 Å². The fraction of sp³-hybridized carbons (Fsp3) is 0.815. The van der Waals surface area contributed by atoms with Crippen molar-refractivity contribution in [2.45, 2.75) is 142 Å². The molecule has 0 bridgehead atoms. The monoisotopic (exact) mass is 423 g/mol. The molecule has 1 aromatic rings. The predicted octanol–water partition coefficient (Wildman–Crippen LogP) is 5.54. The molecule has 0 aromatic carbocycles. The molecule has 0 unspecified atom stereocenters. The Morgan fingerprint density at radius 3 is 1.28 bits per heavy atom. The highest BCUT2D eigenvalue weighted by atomic mass is 35.5. The van der Waals surface area contributed by atoms with Crippen molar-refractivity contribution in [3.8, 4) is 0 Å². The number of rotatable bonds is 17. The maximum absolute atomic E-state index is 2.35. The highest BCUT2D eigenvalue weighted by Crippen LogP contribution is 2.20. The van der Waals surface area contributed by atoms with Gasteiger partial charge in [-0.2, -0.15) is 0 Å². The zero-order valence-electron chi connectivity index (χ0n) is 20.2. The lowest BCUT2D eigenvalue weighted by Gasteiger charge is -2.17. The van der Waals surface area contributed by atoms with Gasteiger partial charge in [0.25, 0.3) is 0 Å². The number of unbranched alkanes of at least 4 members (excludes halogenated alkanes) is 15. The molecule has 1 aromatic heterocycles. The zero-order chi connectivity index (χ0) is 20.5. The molecule has 0 spiro atoms. The van der Waals surface area contributed by atoms with Crippen LogP contribution in [0.1, 0.15) is 136 Å². The van der Waals surface area contributed by atoms with E-state index in [1.165, 1.54) is 115 Å². The van der Waals surface area contributed by atoms with Crippen LogP contribution in [0.4, 0.5) is 0 Å². The Kier molecular flexibility index (Phi) is 17.9. The smallest absolute Gasteiger partial charge is 0.169 e. The molecule has 1 nitrogen and oxygen atoms in total. The van der Waals surface area contributed by atoms with Gasteiger partial charge in [0.2, 0.25) is 0 Å². The molecule has 0 aliphatic heterocycles. The molecule has 1 heterocycles. The van der Waals surface area contributed by atoms with Gasteiger partial charge in [0.1, 0.15) is 6.54 Å². The fourth-order valence-corrected chi connectivity index (χ4v) is 3.95. The summed E-state index contributed by atoms with van der Waals surface area (Å²) in [7, 11) is 0. The first-order chi connectivity index (χ1) is 13.5. The quantitative estimate of drug-likeness (QED) is 0.229.